The Kier molecular flexibility index (Phi) is 2.18. The van der Waals surface area contributed by atoms with Crippen molar-refractivity contribution in [3.63, 3.8) is 0 Å². The molecule has 11 heavy (non-hydrogen) atoms. The van der Waals surface area contributed by atoms with E-state index in [0.29, 0.717) is 5.92 Å². The monoisotopic (exact) mass is 149 g/mol. The highest BCUT2D eigenvalue weighted by molar-refractivity contribution is 5.42. The molecular weight excluding hydrogens is 134 g/mol. The van der Waals surface area contributed by atoms with Crippen LogP contribution in [-0.4, -0.2) is 0 Å². The molecule has 0 saturated carbocycles. The smallest absolute Gasteiger partial charge is 0.0162 e. The first-order valence-electron chi connectivity index (χ1n) is 3.94. The summed E-state index contributed by atoms with van der Waals surface area (Å²) in [6, 6.07) is 0. The van der Waals surface area contributed by atoms with Crippen LogP contribution in [0.5, 0.6) is 0 Å². The lowest BCUT2D eigenvalue weighted by Crippen LogP contribution is -2.09. The Bertz CT molecular complexity index is 233. The minimum absolute atomic E-state index is 0.582. The quantitative estimate of drug-likeness (QED) is 0.608. The Morgan fingerprint density at radius 3 is 2.82 bits per heavy atom. The van der Waals surface area contributed by atoms with Gasteiger partial charge in [-0.15, -0.1) is 0 Å². The molecule has 1 aliphatic rings. The molecule has 0 bridgehead atoms. The van der Waals surface area contributed by atoms with Crippen LogP contribution in [0.2, 0.25) is 0 Å². The Hall–Kier alpha value is -0.980. The fraction of sp³-hybridized carbons (Fsp3) is 0.400. The van der Waals surface area contributed by atoms with Crippen LogP contribution >= 0.6 is 0 Å². The van der Waals surface area contributed by atoms with Crippen molar-refractivity contribution in [1.82, 2.24) is 0 Å². The Labute approximate surface area is 68.3 Å². The zero-order chi connectivity index (χ0) is 8.43. The molecule has 2 N–H and O–H groups in total. The summed E-state index contributed by atoms with van der Waals surface area (Å²) >= 11 is 0. The maximum atomic E-state index is 5.84. The number of rotatable bonds is 1. The van der Waals surface area contributed by atoms with Crippen molar-refractivity contribution in [2.45, 2.75) is 20.3 Å². The lowest BCUT2D eigenvalue weighted by atomic mass is 9.93. The van der Waals surface area contributed by atoms with Crippen LogP contribution in [0.15, 0.2) is 35.6 Å². The van der Waals surface area contributed by atoms with Gasteiger partial charge in [-0.2, -0.15) is 0 Å². The van der Waals surface area contributed by atoms with E-state index in [-0.39, 0.29) is 0 Å². The van der Waals surface area contributed by atoms with Crippen molar-refractivity contribution in [2.75, 3.05) is 0 Å². The van der Waals surface area contributed by atoms with Crippen LogP contribution in [0.25, 0.3) is 0 Å². The summed E-state index contributed by atoms with van der Waals surface area (Å²) in [5.74, 6) is 0.582. The van der Waals surface area contributed by atoms with Crippen molar-refractivity contribution in [1.29, 1.82) is 0 Å². The average Bonchev–Trinajstić information content (AvgIpc) is 1.85. The van der Waals surface area contributed by atoms with Crippen LogP contribution < -0.4 is 5.73 Å². The summed E-state index contributed by atoms with van der Waals surface area (Å²) < 4.78 is 0. The molecule has 0 radical (unpaired) electrons. The first-order chi connectivity index (χ1) is 5.11. The zero-order valence-corrected chi connectivity index (χ0v) is 7.22. The van der Waals surface area contributed by atoms with E-state index in [1.54, 1.807) is 0 Å². The summed E-state index contributed by atoms with van der Waals surface area (Å²) in [6.07, 6.45) is 5.23. The third kappa shape index (κ3) is 1.73. The second-order valence-corrected chi connectivity index (χ2v) is 3.26. The molecule has 0 heterocycles. The van der Waals surface area contributed by atoms with Crippen molar-refractivity contribution in [3.05, 3.63) is 35.6 Å². The number of nitrogens with two attached hydrogens (primary N) is 1. The standard InChI is InChI=1S/C10H15N/c1-7(2)9-5-4-8(3)6-10(9)11/h4-5,8H,1,6,11H2,2-3H3/t8-/m1/s1. The molecule has 0 saturated heterocycles. The topological polar surface area (TPSA) is 26.0 Å². The van der Waals surface area contributed by atoms with E-state index in [4.69, 9.17) is 5.73 Å². The highest BCUT2D eigenvalue weighted by Crippen LogP contribution is 2.23. The first kappa shape index (κ1) is 8.12. The fourth-order valence-electron chi connectivity index (χ4n) is 1.31. The van der Waals surface area contributed by atoms with E-state index < -0.39 is 0 Å². The molecule has 0 unspecified atom stereocenters. The molecule has 1 atom stereocenters. The highest BCUT2D eigenvalue weighted by atomic mass is 14.6. The fourth-order valence-corrected chi connectivity index (χ4v) is 1.31. The largest absolute Gasteiger partial charge is 0.402 e. The Morgan fingerprint density at radius 2 is 2.36 bits per heavy atom. The number of allylic oxidation sites excluding steroid dienone is 5. The summed E-state index contributed by atoms with van der Waals surface area (Å²) in [5.41, 5.74) is 9.01. The summed E-state index contributed by atoms with van der Waals surface area (Å²) in [5, 5.41) is 0. The Morgan fingerprint density at radius 1 is 1.73 bits per heavy atom. The van der Waals surface area contributed by atoms with Gasteiger partial charge in [0.05, 0.1) is 0 Å². The molecule has 1 nitrogen and oxygen atoms in total. The van der Waals surface area contributed by atoms with E-state index in [2.05, 4.69) is 25.7 Å². The maximum absolute atomic E-state index is 5.84. The number of hydrogen-bond acceptors (Lipinski definition) is 1. The maximum Gasteiger partial charge on any atom is 0.0162 e. The SMILES string of the molecule is C=C(C)C1=C(N)C[C@H](C)C=C1. The molecule has 1 aliphatic carbocycles. The van der Waals surface area contributed by atoms with Gasteiger partial charge in [0.25, 0.3) is 0 Å². The minimum Gasteiger partial charge on any atom is -0.402 e. The van der Waals surface area contributed by atoms with Crippen molar-refractivity contribution in [3.8, 4) is 0 Å². The summed E-state index contributed by atoms with van der Waals surface area (Å²) in [6.45, 7) is 8.02. The second kappa shape index (κ2) is 2.95. The van der Waals surface area contributed by atoms with E-state index in [0.717, 1.165) is 23.3 Å². The molecule has 60 valence electrons. The van der Waals surface area contributed by atoms with E-state index >= 15 is 0 Å². The molecule has 0 aromatic heterocycles. The molecule has 1 rings (SSSR count). The van der Waals surface area contributed by atoms with Crippen molar-refractivity contribution < 1.29 is 0 Å². The molecule has 1 heteroatoms. The lowest BCUT2D eigenvalue weighted by molar-refractivity contribution is 0.695. The third-order valence-corrected chi connectivity index (χ3v) is 1.94. The molecule has 0 aromatic carbocycles. The van der Waals surface area contributed by atoms with Crippen LogP contribution in [-0.2, 0) is 0 Å². The zero-order valence-electron chi connectivity index (χ0n) is 7.22. The van der Waals surface area contributed by atoms with Crippen LogP contribution in [0.4, 0.5) is 0 Å². The molecule has 0 spiro atoms. The number of hydrogen-bond donors (Lipinski definition) is 1. The predicted molar refractivity (Wildman–Crippen MR) is 48.9 cm³/mol. The Balaban J connectivity index is 2.88. The second-order valence-electron chi connectivity index (χ2n) is 3.26. The molecule has 0 aromatic rings. The van der Waals surface area contributed by atoms with Gasteiger partial charge in [-0.05, 0) is 30.4 Å². The van der Waals surface area contributed by atoms with Gasteiger partial charge in [-0.25, -0.2) is 0 Å². The molecule has 0 fully saturated rings. The average molecular weight is 149 g/mol. The normalized spacial score (nSPS) is 24.0. The third-order valence-electron chi connectivity index (χ3n) is 1.94. The van der Waals surface area contributed by atoms with Crippen LogP contribution in [0.1, 0.15) is 20.3 Å². The van der Waals surface area contributed by atoms with E-state index in [1.165, 1.54) is 0 Å². The summed E-state index contributed by atoms with van der Waals surface area (Å²) in [4.78, 5) is 0. The summed E-state index contributed by atoms with van der Waals surface area (Å²) in [7, 11) is 0. The van der Waals surface area contributed by atoms with Crippen LogP contribution in [0.3, 0.4) is 0 Å². The van der Waals surface area contributed by atoms with Crippen molar-refractivity contribution >= 4 is 0 Å². The molecular formula is C10H15N. The van der Waals surface area contributed by atoms with Gasteiger partial charge in [0.2, 0.25) is 0 Å². The minimum atomic E-state index is 0.582. The lowest BCUT2D eigenvalue weighted by Gasteiger charge is -2.16. The first-order valence-corrected chi connectivity index (χ1v) is 3.94. The van der Waals surface area contributed by atoms with Gasteiger partial charge in [-0.3, -0.25) is 0 Å². The predicted octanol–water partition coefficient (Wildman–Crippen LogP) is 2.37. The van der Waals surface area contributed by atoms with Gasteiger partial charge in [-0.1, -0.05) is 25.7 Å². The van der Waals surface area contributed by atoms with Gasteiger partial charge in [0, 0.05) is 5.70 Å². The van der Waals surface area contributed by atoms with E-state index in [1.807, 2.05) is 6.92 Å². The van der Waals surface area contributed by atoms with Gasteiger partial charge >= 0.3 is 0 Å². The highest BCUT2D eigenvalue weighted by Gasteiger charge is 2.09. The molecule has 0 amide bonds. The van der Waals surface area contributed by atoms with Gasteiger partial charge < -0.3 is 5.73 Å². The van der Waals surface area contributed by atoms with E-state index in [9.17, 15) is 0 Å². The molecule has 0 aliphatic heterocycles. The van der Waals surface area contributed by atoms with Crippen molar-refractivity contribution in [2.24, 2.45) is 11.7 Å². The van der Waals surface area contributed by atoms with Crippen LogP contribution in [0, 0.1) is 5.92 Å². The van der Waals surface area contributed by atoms with Gasteiger partial charge in [0.1, 0.15) is 0 Å². The van der Waals surface area contributed by atoms with Gasteiger partial charge in [0.15, 0.2) is 0 Å².